The molecule has 0 aromatic heterocycles. The van der Waals surface area contributed by atoms with E-state index >= 15 is 0 Å². The maximum absolute atomic E-state index is 11.6. The normalized spacial score (nSPS) is 10.2. The summed E-state index contributed by atoms with van der Waals surface area (Å²) in [6, 6.07) is 10.6. The summed E-state index contributed by atoms with van der Waals surface area (Å²) < 4.78 is 11.4. The van der Waals surface area contributed by atoms with Gasteiger partial charge >= 0.3 is 5.97 Å². The van der Waals surface area contributed by atoms with Crippen molar-refractivity contribution in [2.75, 3.05) is 12.4 Å². The van der Waals surface area contributed by atoms with Gasteiger partial charge in [-0.25, -0.2) is 0 Å². The molecule has 1 amide bonds. The molecule has 132 valence electrons. The monoisotopic (exact) mass is 473 g/mol. The number of ether oxygens (including phenoxy) is 2. The first-order valence-corrected chi connectivity index (χ1v) is 9.33. The first-order valence-electron chi connectivity index (χ1n) is 7.43. The van der Waals surface area contributed by atoms with Gasteiger partial charge in [0.2, 0.25) is 5.91 Å². The Kier molecular flexibility index (Phi) is 7.07. The van der Waals surface area contributed by atoms with Crippen LogP contribution in [-0.2, 0) is 25.2 Å². The molecule has 0 heterocycles. The summed E-state index contributed by atoms with van der Waals surface area (Å²) >= 11 is 8.33. The van der Waals surface area contributed by atoms with E-state index in [0.29, 0.717) is 32.2 Å². The maximum Gasteiger partial charge on any atom is 0.310 e. The topological polar surface area (TPSA) is 64.6 Å². The van der Waals surface area contributed by atoms with Gasteiger partial charge in [-0.05, 0) is 18.2 Å². The lowest BCUT2D eigenvalue weighted by Gasteiger charge is -2.17. The molecule has 1 N–H and O–H groups in total. The molecular formula is C18H17ClINO4. The first-order chi connectivity index (χ1) is 11.9. The Morgan fingerprint density at radius 2 is 1.92 bits per heavy atom. The SMILES string of the molecule is COC(=O)Cc1ccccc1Oc1c(CI)cc(Cl)cc1NC(C)=O. The molecule has 25 heavy (non-hydrogen) atoms. The fourth-order valence-electron chi connectivity index (χ4n) is 2.24. The number of nitrogens with one attached hydrogen (secondary N) is 1. The number of carbonyl (C=O) groups is 2. The Labute approximate surface area is 164 Å². The van der Waals surface area contributed by atoms with Crippen LogP contribution in [0.5, 0.6) is 11.5 Å². The number of hydrogen-bond donors (Lipinski definition) is 1. The zero-order valence-corrected chi connectivity index (χ0v) is 16.7. The number of alkyl halides is 1. The molecule has 0 aliphatic rings. The van der Waals surface area contributed by atoms with E-state index in [4.69, 9.17) is 21.1 Å². The highest BCUT2D eigenvalue weighted by Crippen LogP contribution is 2.38. The summed E-state index contributed by atoms with van der Waals surface area (Å²) in [6.45, 7) is 1.42. The number of rotatable bonds is 6. The van der Waals surface area contributed by atoms with Crippen LogP contribution in [0.1, 0.15) is 18.1 Å². The average molecular weight is 474 g/mol. The molecule has 0 radical (unpaired) electrons. The van der Waals surface area contributed by atoms with Gasteiger partial charge in [-0.3, -0.25) is 9.59 Å². The van der Waals surface area contributed by atoms with Crippen molar-refractivity contribution in [3.63, 3.8) is 0 Å². The summed E-state index contributed by atoms with van der Waals surface area (Å²) in [5, 5.41) is 3.24. The molecule has 0 aliphatic heterocycles. The van der Waals surface area contributed by atoms with Crippen molar-refractivity contribution in [2.24, 2.45) is 0 Å². The van der Waals surface area contributed by atoms with Gasteiger partial charge in [0.1, 0.15) is 5.75 Å². The minimum atomic E-state index is -0.358. The van der Waals surface area contributed by atoms with Crippen molar-refractivity contribution < 1.29 is 19.1 Å². The second-order valence-corrected chi connectivity index (χ2v) is 6.42. The lowest BCUT2D eigenvalue weighted by Crippen LogP contribution is -2.09. The van der Waals surface area contributed by atoms with Crippen LogP contribution in [0.15, 0.2) is 36.4 Å². The van der Waals surface area contributed by atoms with Gasteiger partial charge in [-0.1, -0.05) is 52.4 Å². The number of benzene rings is 2. The predicted molar refractivity (Wildman–Crippen MR) is 106 cm³/mol. The Balaban J connectivity index is 2.46. The fourth-order valence-corrected chi connectivity index (χ4v) is 3.05. The Hall–Kier alpha value is -1.80. The van der Waals surface area contributed by atoms with Gasteiger partial charge in [0.25, 0.3) is 0 Å². The van der Waals surface area contributed by atoms with Crippen LogP contribution in [-0.4, -0.2) is 19.0 Å². The van der Waals surface area contributed by atoms with E-state index in [2.05, 4.69) is 27.9 Å². The number of hydrogen-bond acceptors (Lipinski definition) is 4. The molecule has 0 aliphatic carbocycles. The average Bonchev–Trinajstić information content (AvgIpc) is 2.57. The Morgan fingerprint density at radius 1 is 1.20 bits per heavy atom. The lowest BCUT2D eigenvalue weighted by atomic mass is 10.1. The molecule has 2 aromatic carbocycles. The fraction of sp³-hybridized carbons (Fsp3) is 0.222. The van der Waals surface area contributed by atoms with E-state index in [1.54, 1.807) is 24.3 Å². The van der Waals surface area contributed by atoms with E-state index < -0.39 is 0 Å². The lowest BCUT2D eigenvalue weighted by molar-refractivity contribution is -0.139. The molecule has 0 atom stereocenters. The summed E-state index contributed by atoms with van der Waals surface area (Å²) in [4.78, 5) is 23.1. The van der Waals surface area contributed by atoms with Crippen molar-refractivity contribution in [1.29, 1.82) is 0 Å². The van der Waals surface area contributed by atoms with Gasteiger partial charge in [-0.15, -0.1) is 0 Å². The summed E-state index contributed by atoms with van der Waals surface area (Å²) in [7, 11) is 1.34. The summed E-state index contributed by atoms with van der Waals surface area (Å²) in [6.07, 6.45) is 0.0926. The second-order valence-electron chi connectivity index (χ2n) is 5.22. The van der Waals surface area contributed by atoms with Crippen LogP contribution in [0.3, 0.4) is 0 Å². The highest BCUT2D eigenvalue weighted by Gasteiger charge is 2.16. The van der Waals surface area contributed by atoms with E-state index in [0.717, 1.165) is 5.56 Å². The largest absolute Gasteiger partial charge is 0.469 e. The minimum absolute atomic E-state index is 0.0926. The van der Waals surface area contributed by atoms with E-state index in [9.17, 15) is 9.59 Å². The standard InChI is InChI=1S/C18H17ClINO4/c1-11(22)21-15-9-14(19)7-13(10-20)18(15)25-16-6-4-3-5-12(16)8-17(23)24-2/h3-7,9H,8,10H2,1-2H3,(H,21,22). The molecule has 0 spiro atoms. The number of anilines is 1. The molecular weight excluding hydrogens is 457 g/mol. The van der Waals surface area contributed by atoms with Gasteiger partial charge in [0, 0.05) is 27.5 Å². The van der Waals surface area contributed by atoms with E-state index in [-0.39, 0.29) is 18.3 Å². The minimum Gasteiger partial charge on any atom is -0.469 e. The second kappa shape index (κ2) is 9.05. The van der Waals surface area contributed by atoms with Crippen molar-refractivity contribution in [1.82, 2.24) is 0 Å². The highest BCUT2D eigenvalue weighted by molar-refractivity contribution is 14.1. The van der Waals surface area contributed by atoms with Crippen molar-refractivity contribution >= 4 is 51.8 Å². The Bertz CT molecular complexity index is 795. The zero-order valence-electron chi connectivity index (χ0n) is 13.8. The van der Waals surface area contributed by atoms with Crippen LogP contribution in [0.2, 0.25) is 5.02 Å². The van der Waals surface area contributed by atoms with Gasteiger partial charge < -0.3 is 14.8 Å². The Morgan fingerprint density at radius 3 is 2.56 bits per heavy atom. The third-order valence-electron chi connectivity index (χ3n) is 3.33. The molecule has 5 nitrogen and oxygen atoms in total. The quantitative estimate of drug-likeness (QED) is 0.374. The van der Waals surface area contributed by atoms with Gasteiger partial charge in [0.05, 0.1) is 19.2 Å². The van der Waals surface area contributed by atoms with E-state index in [1.165, 1.54) is 14.0 Å². The van der Waals surface area contributed by atoms with Crippen molar-refractivity contribution in [3.05, 3.63) is 52.5 Å². The molecule has 2 rings (SSSR count). The predicted octanol–water partition coefficient (Wildman–Crippen LogP) is 4.74. The van der Waals surface area contributed by atoms with Crippen molar-refractivity contribution in [2.45, 2.75) is 17.8 Å². The molecule has 0 fully saturated rings. The maximum atomic E-state index is 11.6. The molecule has 0 saturated heterocycles. The van der Waals surface area contributed by atoms with Crippen LogP contribution >= 0.6 is 34.2 Å². The molecule has 7 heteroatoms. The number of methoxy groups -OCH3 is 1. The smallest absolute Gasteiger partial charge is 0.310 e. The number of amides is 1. The summed E-state index contributed by atoms with van der Waals surface area (Å²) in [5.41, 5.74) is 2.02. The molecule has 0 bridgehead atoms. The highest BCUT2D eigenvalue weighted by atomic mass is 127. The number of esters is 1. The van der Waals surface area contributed by atoms with Crippen LogP contribution in [0.4, 0.5) is 5.69 Å². The van der Waals surface area contributed by atoms with Crippen LogP contribution in [0, 0.1) is 0 Å². The van der Waals surface area contributed by atoms with Gasteiger partial charge in [-0.2, -0.15) is 0 Å². The number of halogens is 2. The van der Waals surface area contributed by atoms with Crippen LogP contribution < -0.4 is 10.1 Å². The van der Waals surface area contributed by atoms with E-state index in [1.807, 2.05) is 12.1 Å². The first kappa shape index (κ1) is 19.5. The molecule has 0 saturated carbocycles. The third-order valence-corrected chi connectivity index (χ3v) is 4.37. The molecule has 0 unspecified atom stereocenters. The van der Waals surface area contributed by atoms with Gasteiger partial charge in [0.15, 0.2) is 5.75 Å². The number of carbonyl (C=O) groups excluding carboxylic acids is 2. The summed E-state index contributed by atoms with van der Waals surface area (Å²) in [5.74, 6) is 0.442. The van der Waals surface area contributed by atoms with Crippen molar-refractivity contribution in [3.8, 4) is 11.5 Å². The molecule has 2 aromatic rings. The zero-order chi connectivity index (χ0) is 18.4. The third kappa shape index (κ3) is 5.34. The number of para-hydroxylation sites is 1. The van der Waals surface area contributed by atoms with Crippen LogP contribution in [0.25, 0.3) is 0 Å².